The molecule has 0 heterocycles. The van der Waals surface area contributed by atoms with Gasteiger partial charge in [-0.05, 0) is 109 Å². The van der Waals surface area contributed by atoms with E-state index in [1.807, 2.05) is 0 Å². The lowest BCUT2D eigenvalue weighted by Crippen LogP contribution is -1.91. The van der Waals surface area contributed by atoms with Gasteiger partial charge in [-0.15, -0.1) is 0 Å². The third-order valence-corrected chi connectivity index (χ3v) is 7.97. The quantitative estimate of drug-likeness (QED) is 0.220. The molecule has 0 spiro atoms. The second-order valence-corrected chi connectivity index (χ2v) is 9.88. The minimum absolute atomic E-state index is 1.28. The molecule has 0 atom stereocenters. The monoisotopic (exact) mass is 446 g/mol. The van der Waals surface area contributed by atoms with Crippen LogP contribution in [0.2, 0.25) is 0 Å². The van der Waals surface area contributed by atoms with Crippen molar-refractivity contribution in [2.75, 3.05) is 0 Å². The van der Waals surface area contributed by atoms with E-state index in [-0.39, 0.29) is 0 Å². The first-order valence-corrected chi connectivity index (χ1v) is 12.4. The van der Waals surface area contributed by atoms with Crippen LogP contribution in [0.3, 0.4) is 0 Å². The molecule has 0 saturated carbocycles. The van der Waals surface area contributed by atoms with Crippen molar-refractivity contribution in [3.05, 3.63) is 120 Å². The highest BCUT2D eigenvalue weighted by Crippen LogP contribution is 2.44. The number of rotatable bonds is 1. The Labute approximate surface area is 205 Å². The number of hydrogen-bond acceptors (Lipinski definition) is 0. The van der Waals surface area contributed by atoms with E-state index in [1.165, 1.54) is 81.7 Å². The van der Waals surface area contributed by atoms with Gasteiger partial charge in [0.25, 0.3) is 0 Å². The predicted molar refractivity (Wildman–Crippen MR) is 154 cm³/mol. The molecule has 0 radical (unpaired) electrons. The lowest BCUT2D eigenvalue weighted by Gasteiger charge is -2.17. The summed E-state index contributed by atoms with van der Waals surface area (Å²) in [6.07, 6.45) is 0. The molecule has 0 N–H and O–H groups in total. The van der Waals surface area contributed by atoms with Crippen molar-refractivity contribution < 1.29 is 0 Å². The van der Waals surface area contributed by atoms with Gasteiger partial charge in [-0.25, -0.2) is 0 Å². The van der Waals surface area contributed by atoms with Gasteiger partial charge in [-0.1, -0.05) is 97.1 Å². The molecule has 0 aliphatic rings. The van der Waals surface area contributed by atoms with Crippen LogP contribution >= 0.6 is 0 Å². The molecular weight excluding hydrogens is 420 g/mol. The zero-order chi connectivity index (χ0) is 23.7. The first kappa shape index (κ1) is 20.2. The minimum atomic E-state index is 1.28. The first-order valence-electron chi connectivity index (χ1n) is 12.4. The lowest BCUT2D eigenvalue weighted by molar-refractivity contribution is 1.27. The van der Waals surface area contributed by atoms with Gasteiger partial charge in [-0.2, -0.15) is 0 Å². The summed E-state index contributed by atoms with van der Waals surface area (Å²) in [5, 5.41) is 13.3. The average molecular weight is 447 g/mol. The Morgan fingerprint density at radius 3 is 1.23 bits per heavy atom. The maximum Gasteiger partial charge on any atom is -0.00137 e. The van der Waals surface area contributed by atoms with Crippen LogP contribution in [0.15, 0.2) is 103 Å². The van der Waals surface area contributed by atoms with Crippen molar-refractivity contribution in [2.24, 2.45) is 0 Å². The molecule has 166 valence electrons. The maximum absolute atomic E-state index is 2.43. The molecule has 0 fully saturated rings. The van der Waals surface area contributed by atoms with E-state index >= 15 is 0 Å². The van der Waals surface area contributed by atoms with Crippen LogP contribution in [0.1, 0.15) is 16.7 Å². The fourth-order valence-corrected chi connectivity index (χ4v) is 6.00. The highest BCUT2D eigenvalue weighted by atomic mass is 14.2. The van der Waals surface area contributed by atoms with Gasteiger partial charge >= 0.3 is 0 Å². The van der Waals surface area contributed by atoms with Gasteiger partial charge in [0.05, 0.1) is 0 Å². The molecule has 0 aliphatic carbocycles. The van der Waals surface area contributed by atoms with Crippen LogP contribution in [0.25, 0.3) is 65.0 Å². The van der Waals surface area contributed by atoms with Crippen molar-refractivity contribution in [1.82, 2.24) is 0 Å². The molecule has 0 aliphatic heterocycles. The normalized spacial score (nSPS) is 11.9. The largest absolute Gasteiger partial charge is 0.0616 e. The Bertz CT molecular complexity index is 1930. The topological polar surface area (TPSA) is 0 Å². The van der Waals surface area contributed by atoms with Crippen LogP contribution in [0.4, 0.5) is 0 Å². The Morgan fingerprint density at radius 1 is 0.343 bits per heavy atom. The van der Waals surface area contributed by atoms with Gasteiger partial charge in [0.1, 0.15) is 0 Å². The van der Waals surface area contributed by atoms with Gasteiger partial charge in [0, 0.05) is 0 Å². The van der Waals surface area contributed by atoms with Crippen molar-refractivity contribution in [2.45, 2.75) is 20.8 Å². The molecule has 0 heteroatoms. The van der Waals surface area contributed by atoms with Crippen molar-refractivity contribution in [1.29, 1.82) is 0 Å². The summed E-state index contributed by atoms with van der Waals surface area (Å²) in [4.78, 5) is 0. The molecular formula is C35H26. The summed E-state index contributed by atoms with van der Waals surface area (Å²) in [5.74, 6) is 0. The van der Waals surface area contributed by atoms with Crippen molar-refractivity contribution in [3.8, 4) is 11.1 Å². The fraction of sp³-hybridized carbons (Fsp3) is 0.0857. The van der Waals surface area contributed by atoms with Crippen molar-refractivity contribution >= 4 is 53.9 Å². The second kappa shape index (κ2) is 7.42. The zero-order valence-corrected chi connectivity index (χ0v) is 20.3. The Hall–Kier alpha value is -4.16. The maximum atomic E-state index is 2.43. The number of aryl methyl sites for hydroxylation is 2. The molecule has 7 aromatic carbocycles. The summed E-state index contributed by atoms with van der Waals surface area (Å²) < 4.78 is 0. The van der Waals surface area contributed by atoms with E-state index < -0.39 is 0 Å². The summed E-state index contributed by atoms with van der Waals surface area (Å²) in [6, 6.07) is 38.4. The third kappa shape index (κ3) is 2.87. The molecule has 0 saturated heterocycles. The minimum Gasteiger partial charge on any atom is -0.0616 e. The number of benzene rings is 7. The average Bonchev–Trinajstić information content (AvgIpc) is 2.91. The highest BCUT2D eigenvalue weighted by molar-refractivity contribution is 6.39. The molecule has 7 aromatic rings. The van der Waals surface area contributed by atoms with E-state index in [0.717, 1.165) is 0 Å². The van der Waals surface area contributed by atoms with Crippen LogP contribution in [-0.2, 0) is 0 Å². The number of fused-ring (bicyclic) bond motifs is 11. The van der Waals surface area contributed by atoms with Crippen LogP contribution < -0.4 is 0 Å². The Kier molecular flexibility index (Phi) is 4.29. The van der Waals surface area contributed by atoms with Gasteiger partial charge < -0.3 is 0 Å². The van der Waals surface area contributed by atoms with E-state index in [1.54, 1.807) is 0 Å². The molecule has 0 nitrogen and oxygen atoms in total. The summed E-state index contributed by atoms with van der Waals surface area (Å²) in [5.41, 5.74) is 6.64. The van der Waals surface area contributed by atoms with E-state index in [4.69, 9.17) is 0 Å². The summed E-state index contributed by atoms with van der Waals surface area (Å²) >= 11 is 0. The molecule has 35 heavy (non-hydrogen) atoms. The molecule has 0 unspecified atom stereocenters. The van der Waals surface area contributed by atoms with Crippen molar-refractivity contribution in [3.63, 3.8) is 0 Å². The molecule has 0 bridgehead atoms. The Morgan fingerprint density at radius 2 is 0.743 bits per heavy atom. The SMILES string of the molecule is Cc1cc(-c2ccc3c4ccccc4c4c5ccccc5c5ccccc5c4c3c2)cc(C)c1C. The van der Waals surface area contributed by atoms with Crippen LogP contribution in [-0.4, -0.2) is 0 Å². The lowest BCUT2D eigenvalue weighted by atomic mass is 9.86. The van der Waals surface area contributed by atoms with E-state index in [2.05, 4.69) is 124 Å². The highest BCUT2D eigenvalue weighted by Gasteiger charge is 2.16. The van der Waals surface area contributed by atoms with Crippen LogP contribution in [0.5, 0.6) is 0 Å². The summed E-state index contributed by atoms with van der Waals surface area (Å²) in [7, 11) is 0. The zero-order valence-electron chi connectivity index (χ0n) is 20.3. The van der Waals surface area contributed by atoms with Crippen LogP contribution in [0, 0.1) is 20.8 Å². The second-order valence-electron chi connectivity index (χ2n) is 9.88. The van der Waals surface area contributed by atoms with E-state index in [9.17, 15) is 0 Å². The molecule has 7 rings (SSSR count). The first-order chi connectivity index (χ1) is 17.1. The Balaban J connectivity index is 1.75. The van der Waals surface area contributed by atoms with Gasteiger partial charge in [0.2, 0.25) is 0 Å². The summed E-state index contributed by atoms with van der Waals surface area (Å²) in [6.45, 7) is 6.65. The predicted octanol–water partition coefficient (Wildman–Crippen LogP) is 10.0. The third-order valence-electron chi connectivity index (χ3n) is 7.97. The number of hydrogen-bond donors (Lipinski definition) is 0. The van der Waals surface area contributed by atoms with E-state index in [0.29, 0.717) is 0 Å². The smallest absolute Gasteiger partial charge is 0.00137 e. The van der Waals surface area contributed by atoms with Gasteiger partial charge in [-0.3, -0.25) is 0 Å². The fourth-order valence-electron chi connectivity index (χ4n) is 6.00. The molecule has 0 amide bonds. The molecule has 0 aromatic heterocycles. The standard InChI is InChI=1S/C35H26/c1-21-18-25(19-22(2)23(21)3)24-16-17-29-28-12-6-8-14-31(28)34-30-13-7-4-10-26(30)27-11-5-9-15-32(27)35(34)33(29)20-24/h4-20H,1-3H3. The van der Waals surface area contributed by atoms with Gasteiger partial charge in [0.15, 0.2) is 0 Å².